The zero-order chi connectivity index (χ0) is 18.6. The molecule has 0 radical (unpaired) electrons. The van der Waals surface area contributed by atoms with Gasteiger partial charge in [0.2, 0.25) is 0 Å². The average Bonchev–Trinajstić information content (AvgIpc) is 3.31. The Morgan fingerprint density at radius 2 is 1.85 bits per heavy atom. The van der Waals surface area contributed by atoms with Gasteiger partial charge in [-0.2, -0.15) is 5.10 Å². The van der Waals surface area contributed by atoms with Crippen LogP contribution in [0.25, 0.3) is 22.4 Å². The first kappa shape index (κ1) is 17.7. The van der Waals surface area contributed by atoms with Crippen LogP contribution < -0.4 is 5.32 Å². The van der Waals surface area contributed by atoms with Crippen LogP contribution in [0.3, 0.4) is 0 Å². The number of hydrogen-bond donors (Lipinski definition) is 2. The fraction of sp³-hybridized carbons (Fsp3) is 0.150. The van der Waals surface area contributed by atoms with Crippen molar-refractivity contribution in [3.8, 4) is 22.4 Å². The van der Waals surface area contributed by atoms with Gasteiger partial charge in [-0.3, -0.25) is 10.1 Å². The molecule has 0 aliphatic heterocycles. The van der Waals surface area contributed by atoms with Gasteiger partial charge in [-0.25, -0.2) is 4.98 Å². The number of aromatic amines is 1. The summed E-state index contributed by atoms with van der Waals surface area (Å²) in [7, 11) is 0. The summed E-state index contributed by atoms with van der Waals surface area (Å²) in [5.74, 6) is 0. The van der Waals surface area contributed by atoms with Gasteiger partial charge in [-0.1, -0.05) is 23.7 Å². The van der Waals surface area contributed by atoms with E-state index in [1.807, 2.05) is 36.4 Å². The fourth-order valence-electron chi connectivity index (χ4n) is 2.95. The molecule has 1 aromatic carbocycles. The predicted molar refractivity (Wildman–Crippen MR) is 111 cm³/mol. The molecular formula is C20H18ClN5S. The van der Waals surface area contributed by atoms with Gasteiger partial charge in [0.15, 0.2) is 5.13 Å². The molecule has 0 aliphatic rings. The number of halogens is 1. The molecular weight excluding hydrogens is 378 g/mol. The standard InChI is InChI=1S/C20H18ClN5S/c1-2-23-20-24-16(12-27-20)11-17-18(13-7-9-22-10-8-13)19(26-25-17)14-3-5-15(21)6-4-14/h3-10,12H,2,11H2,1H3,(H,23,24)(H,25,26). The summed E-state index contributed by atoms with van der Waals surface area (Å²) in [4.78, 5) is 8.79. The van der Waals surface area contributed by atoms with Gasteiger partial charge in [-0.05, 0) is 36.8 Å². The summed E-state index contributed by atoms with van der Waals surface area (Å²) in [6.07, 6.45) is 4.27. The van der Waals surface area contributed by atoms with Gasteiger partial charge >= 0.3 is 0 Å². The molecule has 0 spiro atoms. The molecule has 0 atom stereocenters. The summed E-state index contributed by atoms with van der Waals surface area (Å²) >= 11 is 7.67. The van der Waals surface area contributed by atoms with Gasteiger partial charge in [-0.15, -0.1) is 11.3 Å². The Morgan fingerprint density at radius 3 is 2.59 bits per heavy atom. The lowest BCUT2D eigenvalue weighted by molar-refractivity contribution is 0.978. The Balaban J connectivity index is 1.76. The molecule has 0 unspecified atom stereocenters. The number of aromatic nitrogens is 4. The number of rotatable bonds is 6. The number of H-pyrrole nitrogens is 1. The molecule has 2 N–H and O–H groups in total. The van der Waals surface area contributed by atoms with E-state index in [-0.39, 0.29) is 0 Å². The van der Waals surface area contributed by atoms with Crippen LogP contribution in [0.1, 0.15) is 18.3 Å². The van der Waals surface area contributed by atoms with Crippen molar-refractivity contribution in [1.29, 1.82) is 0 Å². The van der Waals surface area contributed by atoms with Crippen molar-refractivity contribution in [3.05, 3.63) is 70.6 Å². The molecule has 0 aliphatic carbocycles. The fourth-order valence-corrected chi connectivity index (χ4v) is 3.86. The predicted octanol–water partition coefficient (Wildman–Crippen LogP) is 5.27. The highest BCUT2D eigenvalue weighted by atomic mass is 35.5. The number of nitrogens with one attached hydrogen (secondary N) is 2. The second-order valence-corrected chi connectivity index (χ2v) is 7.31. The van der Waals surface area contributed by atoms with E-state index in [9.17, 15) is 0 Å². The maximum Gasteiger partial charge on any atom is 0.182 e. The molecule has 0 fully saturated rings. The zero-order valence-corrected chi connectivity index (χ0v) is 16.3. The lowest BCUT2D eigenvalue weighted by atomic mass is 9.98. The normalized spacial score (nSPS) is 10.9. The Morgan fingerprint density at radius 1 is 1.07 bits per heavy atom. The van der Waals surface area contributed by atoms with E-state index in [1.54, 1.807) is 23.7 Å². The Kier molecular flexibility index (Phi) is 5.18. The van der Waals surface area contributed by atoms with E-state index >= 15 is 0 Å². The third kappa shape index (κ3) is 3.86. The van der Waals surface area contributed by atoms with Crippen LogP contribution in [-0.2, 0) is 6.42 Å². The average molecular weight is 396 g/mol. The van der Waals surface area contributed by atoms with Gasteiger partial charge in [0, 0.05) is 52.6 Å². The molecule has 0 amide bonds. The number of anilines is 1. The maximum absolute atomic E-state index is 6.05. The van der Waals surface area contributed by atoms with Crippen molar-refractivity contribution >= 4 is 28.1 Å². The second-order valence-electron chi connectivity index (χ2n) is 6.02. The number of benzene rings is 1. The quantitative estimate of drug-likeness (QED) is 0.466. The van der Waals surface area contributed by atoms with E-state index in [0.717, 1.165) is 45.4 Å². The van der Waals surface area contributed by atoms with Crippen LogP contribution in [0, 0.1) is 0 Å². The minimum Gasteiger partial charge on any atom is -0.362 e. The molecule has 4 rings (SSSR count). The highest BCUT2D eigenvalue weighted by molar-refractivity contribution is 7.13. The molecule has 136 valence electrons. The van der Waals surface area contributed by atoms with Crippen LogP contribution >= 0.6 is 22.9 Å². The summed E-state index contributed by atoms with van der Waals surface area (Å²) in [6.45, 7) is 2.93. The monoisotopic (exact) mass is 395 g/mol. The van der Waals surface area contributed by atoms with E-state index in [2.05, 4.69) is 37.8 Å². The van der Waals surface area contributed by atoms with Gasteiger partial charge in [0.25, 0.3) is 0 Å². The Hall–Kier alpha value is -2.70. The van der Waals surface area contributed by atoms with Crippen LogP contribution in [-0.4, -0.2) is 26.7 Å². The molecule has 0 saturated heterocycles. The molecule has 7 heteroatoms. The molecule has 3 aromatic heterocycles. The highest BCUT2D eigenvalue weighted by Crippen LogP contribution is 2.34. The van der Waals surface area contributed by atoms with Gasteiger partial charge in [0.1, 0.15) is 5.69 Å². The first-order chi connectivity index (χ1) is 13.2. The van der Waals surface area contributed by atoms with Crippen molar-refractivity contribution in [2.24, 2.45) is 0 Å². The van der Waals surface area contributed by atoms with Crippen molar-refractivity contribution < 1.29 is 0 Å². The second kappa shape index (κ2) is 7.90. The number of pyridine rings is 1. The Bertz CT molecular complexity index is 1020. The van der Waals surface area contributed by atoms with Crippen molar-refractivity contribution in [1.82, 2.24) is 20.2 Å². The molecule has 27 heavy (non-hydrogen) atoms. The highest BCUT2D eigenvalue weighted by Gasteiger charge is 2.18. The van der Waals surface area contributed by atoms with E-state index in [4.69, 9.17) is 11.6 Å². The first-order valence-electron chi connectivity index (χ1n) is 8.66. The number of thiazole rings is 1. The van der Waals surface area contributed by atoms with Crippen molar-refractivity contribution in [3.63, 3.8) is 0 Å². The van der Waals surface area contributed by atoms with E-state index in [1.165, 1.54) is 0 Å². The SMILES string of the molecule is CCNc1nc(Cc2[nH]nc(-c3ccc(Cl)cc3)c2-c2ccncc2)cs1. The topological polar surface area (TPSA) is 66.5 Å². The Labute approximate surface area is 166 Å². The number of nitrogens with zero attached hydrogens (tertiary/aromatic N) is 3. The zero-order valence-electron chi connectivity index (χ0n) is 14.7. The summed E-state index contributed by atoms with van der Waals surface area (Å²) in [5, 5.41) is 14.8. The third-order valence-electron chi connectivity index (χ3n) is 4.17. The summed E-state index contributed by atoms with van der Waals surface area (Å²) < 4.78 is 0. The molecule has 0 saturated carbocycles. The van der Waals surface area contributed by atoms with Crippen molar-refractivity contribution in [2.45, 2.75) is 13.3 Å². The van der Waals surface area contributed by atoms with Crippen LogP contribution in [0.5, 0.6) is 0 Å². The summed E-state index contributed by atoms with van der Waals surface area (Å²) in [5.41, 5.74) is 6.09. The van der Waals surface area contributed by atoms with Crippen molar-refractivity contribution in [2.75, 3.05) is 11.9 Å². The summed E-state index contributed by atoms with van der Waals surface area (Å²) in [6, 6.07) is 11.7. The minimum absolute atomic E-state index is 0.681. The lowest BCUT2D eigenvalue weighted by Gasteiger charge is -2.06. The van der Waals surface area contributed by atoms with E-state index < -0.39 is 0 Å². The molecule has 0 bridgehead atoms. The van der Waals surface area contributed by atoms with Crippen LogP contribution in [0.15, 0.2) is 54.2 Å². The lowest BCUT2D eigenvalue weighted by Crippen LogP contribution is -1.97. The van der Waals surface area contributed by atoms with E-state index in [0.29, 0.717) is 11.4 Å². The largest absolute Gasteiger partial charge is 0.362 e. The molecule has 4 aromatic rings. The first-order valence-corrected chi connectivity index (χ1v) is 9.92. The number of hydrogen-bond acceptors (Lipinski definition) is 5. The van der Waals surface area contributed by atoms with Crippen LogP contribution in [0.2, 0.25) is 5.02 Å². The van der Waals surface area contributed by atoms with Gasteiger partial charge < -0.3 is 5.32 Å². The minimum atomic E-state index is 0.681. The maximum atomic E-state index is 6.05. The molecule has 3 heterocycles. The van der Waals surface area contributed by atoms with Crippen LogP contribution in [0.4, 0.5) is 5.13 Å². The third-order valence-corrected chi connectivity index (χ3v) is 5.27. The van der Waals surface area contributed by atoms with Gasteiger partial charge in [0.05, 0.1) is 5.69 Å². The smallest absolute Gasteiger partial charge is 0.182 e. The molecule has 5 nitrogen and oxygen atoms in total.